The number of piperidine rings is 1. The summed E-state index contributed by atoms with van der Waals surface area (Å²) in [5.74, 6) is -0.352. The van der Waals surface area contributed by atoms with Crippen LogP contribution in [0.2, 0.25) is 0 Å². The van der Waals surface area contributed by atoms with Gasteiger partial charge in [-0.25, -0.2) is 9.37 Å². The van der Waals surface area contributed by atoms with Gasteiger partial charge in [0.2, 0.25) is 5.82 Å². The van der Waals surface area contributed by atoms with Crippen molar-refractivity contribution >= 4 is 5.82 Å². The molecule has 2 saturated heterocycles. The van der Waals surface area contributed by atoms with Crippen LogP contribution in [0.1, 0.15) is 27.5 Å². The lowest BCUT2D eigenvalue weighted by Crippen LogP contribution is -2.55. The molecule has 10 nitrogen and oxygen atoms in total. The molecule has 0 unspecified atom stereocenters. The maximum absolute atomic E-state index is 15.1. The molecule has 0 amide bonds. The van der Waals surface area contributed by atoms with Gasteiger partial charge < -0.3 is 15.3 Å². The number of hydrogen-bond acceptors (Lipinski definition) is 9. The highest BCUT2D eigenvalue weighted by molar-refractivity contribution is 5.69. The molecule has 30 heavy (non-hydrogen) atoms. The summed E-state index contributed by atoms with van der Waals surface area (Å²) in [6, 6.07) is 3.01. The molecule has 2 aromatic heterocycles. The van der Waals surface area contributed by atoms with E-state index in [0.717, 1.165) is 11.3 Å². The predicted octanol–water partition coefficient (Wildman–Crippen LogP) is 1.10. The van der Waals surface area contributed by atoms with Crippen LogP contribution in [-0.4, -0.2) is 71.8 Å². The van der Waals surface area contributed by atoms with Crippen molar-refractivity contribution in [1.29, 1.82) is 0 Å². The van der Waals surface area contributed by atoms with Crippen molar-refractivity contribution in [2.45, 2.75) is 43.6 Å². The molecule has 11 heteroatoms. The van der Waals surface area contributed by atoms with Crippen molar-refractivity contribution < 1.29 is 17.7 Å². The van der Waals surface area contributed by atoms with Crippen molar-refractivity contribution in [2.24, 2.45) is 6.98 Å². The normalized spacial score (nSPS) is 29.2. The molecular weight excluding hydrogens is 389 g/mol. The molecule has 5 rings (SSSR count). The summed E-state index contributed by atoms with van der Waals surface area (Å²) in [6.45, 7) is -5.25. The monoisotopic (exact) mass is 417 g/mol. The number of halogens is 1. The number of hydrogen-bond donors (Lipinski definition) is 2. The van der Waals surface area contributed by atoms with E-state index in [4.69, 9.17) is 8.22 Å². The first-order chi connectivity index (χ1) is 16.9. The van der Waals surface area contributed by atoms with Crippen molar-refractivity contribution in [3.63, 3.8) is 0 Å². The second-order valence-electron chi connectivity index (χ2n) is 7.44. The van der Waals surface area contributed by atoms with Gasteiger partial charge in [-0.1, -0.05) is 6.07 Å². The van der Waals surface area contributed by atoms with Crippen LogP contribution in [0, 0.1) is 0 Å². The van der Waals surface area contributed by atoms with Crippen molar-refractivity contribution in [1.82, 2.24) is 40.7 Å². The number of nitrogens with one attached hydrogen (secondary N) is 1. The van der Waals surface area contributed by atoms with Crippen LogP contribution in [0.4, 0.5) is 10.2 Å². The minimum absolute atomic E-state index is 0.00704. The Morgan fingerprint density at radius 3 is 2.93 bits per heavy atom. The summed E-state index contributed by atoms with van der Waals surface area (Å²) >= 11 is 0. The third-order valence-corrected chi connectivity index (χ3v) is 5.59. The van der Waals surface area contributed by atoms with E-state index in [1.807, 2.05) is 0 Å². The second-order valence-corrected chi connectivity index (χ2v) is 7.44. The van der Waals surface area contributed by atoms with Crippen LogP contribution in [-0.2, 0) is 6.98 Å². The fourth-order valence-corrected chi connectivity index (χ4v) is 4.09. The van der Waals surface area contributed by atoms with Crippen LogP contribution < -0.4 is 10.2 Å². The number of rotatable bonds is 4. The Morgan fingerprint density at radius 1 is 1.27 bits per heavy atom. The van der Waals surface area contributed by atoms with Gasteiger partial charge in [-0.2, -0.15) is 4.80 Å². The molecule has 0 aliphatic carbocycles. The quantitative estimate of drug-likeness (QED) is 0.643. The molecule has 3 aromatic rings. The minimum atomic E-state index is -2.66. The largest absolute Gasteiger partial charge is 0.507 e. The maximum Gasteiger partial charge on any atom is 0.205 e. The first-order valence-electron chi connectivity index (χ1n) is 12.5. The standard InChI is InChI=1S/C19H22FN9O/c1-28(14-8-11-4-6-13(22-11)17(14)20)16-9-21-19(24-23-16)12-5-3-10(7-15(12)30)18-25-27-29(2)26-18/h3,5,7,9,11,13-14,17,22,30H,4,6,8H2,1-2H3/t11-,13-,14-,17+/m0/s1/i1D3,2D3. The number of aromatic hydroxyl groups is 1. The highest BCUT2D eigenvalue weighted by atomic mass is 19.1. The van der Waals surface area contributed by atoms with Crippen molar-refractivity contribution in [3.05, 3.63) is 24.4 Å². The molecule has 0 saturated carbocycles. The van der Waals surface area contributed by atoms with E-state index in [0.29, 0.717) is 23.2 Å². The number of alkyl halides is 1. The van der Waals surface area contributed by atoms with E-state index in [2.05, 4.69) is 35.9 Å². The highest BCUT2D eigenvalue weighted by Gasteiger charge is 2.43. The molecular formula is C19H22FN9O. The van der Waals surface area contributed by atoms with Crippen LogP contribution in [0.25, 0.3) is 22.8 Å². The third-order valence-electron chi connectivity index (χ3n) is 5.59. The lowest BCUT2D eigenvalue weighted by Gasteiger charge is -2.38. The van der Waals surface area contributed by atoms with E-state index in [9.17, 15) is 5.11 Å². The molecule has 4 heterocycles. The van der Waals surface area contributed by atoms with Gasteiger partial charge in [0, 0.05) is 32.8 Å². The molecule has 2 bridgehead atoms. The van der Waals surface area contributed by atoms with E-state index >= 15 is 4.39 Å². The number of phenols is 1. The number of phenolic OH excluding ortho intramolecular Hbond substituents is 1. The van der Waals surface area contributed by atoms with Gasteiger partial charge >= 0.3 is 0 Å². The van der Waals surface area contributed by atoms with Gasteiger partial charge in [0.25, 0.3) is 0 Å². The molecule has 156 valence electrons. The zero-order valence-electron chi connectivity index (χ0n) is 21.6. The van der Waals surface area contributed by atoms with Crippen LogP contribution in [0.3, 0.4) is 0 Å². The Hall–Kier alpha value is -3.21. The van der Waals surface area contributed by atoms with Gasteiger partial charge in [-0.15, -0.1) is 20.4 Å². The first-order valence-corrected chi connectivity index (χ1v) is 9.45. The van der Waals surface area contributed by atoms with Gasteiger partial charge in [-0.05, 0) is 36.6 Å². The Bertz CT molecular complexity index is 1250. The summed E-state index contributed by atoms with van der Waals surface area (Å²) in [5.41, 5.74) is 0.490. The van der Waals surface area contributed by atoms with Crippen molar-refractivity contribution in [2.75, 3.05) is 11.9 Å². The summed E-state index contributed by atoms with van der Waals surface area (Å²) in [6.07, 6.45) is 1.57. The number of aromatic nitrogens is 7. The van der Waals surface area contributed by atoms with Crippen LogP contribution >= 0.6 is 0 Å². The average molecular weight is 417 g/mol. The number of anilines is 1. The van der Waals surface area contributed by atoms with E-state index in [-0.39, 0.29) is 34.8 Å². The molecule has 4 atom stereocenters. The Balaban J connectivity index is 1.41. The lowest BCUT2D eigenvalue weighted by molar-refractivity contribution is 0.176. The average Bonchev–Trinajstić information content (AvgIpc) is 3.45. The topological polar surface area (TPSA) is 118 Å². The Kier molecular flexibility index (Phi) is 3.18. The molecule has 0 spiro atoms. The molecule has 2 aliphatic rings. The van der Waals surface area contributed by atoms with Gasteiger partial charge in [0.15, 0.2) is 11.6 Å². The molecule has 0 radical (unpaired) electrons. The van der Waals surface area contributed by atoms with Crippen molar-refractivity contribution in [3.8, 4) is 28.5 Å². The zero-order valence-corrected chi connectivity index (χ0v) is 15.6. The number of fused-ring (bicyclic) bond motifs is 2. The first kappa shape index (κ1) is 13.2. The molecule has 2 fully saturated rings. The lowest BCUT2D eigenvalue weighted by atomic mass is 9.96. The summed E-state index contributed by atoms with van der Waals surface area (Å²) in [5, 5.41) is 32.7. The number of tetrazole rings is 1. The fraction of sp³-hybridized carbons (Fsp3) is 0.474. The smallest absolute Gasteiger partial charge is 0.205 e. The molecule has 2 aliphatic heterocycles. The Morgan fingerprint density at radius 2 is 2.20 bits per heavy atom. The second kappa shape index (κ2) is 7.24. The third kappa shape index (κ3) is 3.24. The zero-order chi connectivity index (χ0) is 25.8. The summed E-state index contributed by atoms with van der Waals surface area (Å²) in [4.78, 5) is 5.63. The maximum atomic E-state index is 15.1. The SMILES string of the molecule is [2H]C([2H])([2H])N(c1cnc(-c2ccc(-c3nnn(C([2H])([2H])[2H])n3)cc2O)nn1)[C@H]1C[C@@H]2CC[C@H](N2)[C@H]1F. The number of nitrogens with zero attached hydrogens (tertiary/aromatic N) is 8. The van der Waals surface area contributed by atoms with Gasteiger partial charge in [0.1, 0.15) is 11.9 Å². The predicted molar refractivity (Wildman–Crippen MR) is 106 cm³/mol. The summed E-state index contributed by atoms with van der Waals surface area (Å²) < 4.78 is 61.1. The van der Waals surface area contributed by atoms with Crippen LogP contribution in [0.15, 0.2) is 24.4 Å². The molecule has 1 aromatic carbocycles. The minimum Gasteiger partial charge on any atom is -0.507 e. The number of benzene rings is 1. The van der Waals surface area contributed by atoms with E-state index in [1.165, 1.54) is 24.4 Å². The van der Waals surface area contributed by atoms with E-state index in [1.54, 1.807) is 0 Å². The number of aryl methyl sites for hydroxylation is 1. The van der Waals surface area contributed by atoms with E-state index < -0.39 is 32.2 Å². The highest BCUT2D eigenvalue weighted by Crippen LogP contribution is 2.34. The van der Waals surface area contributed by atoms with Crippen LogP contribution in [0.5, 0.6) is 5.75 Å². The van der Waals surface area contributed by atoms with Gasteiger partial charge in [0.05, 0.1) is 24.8 Å². The molecule has 2 N–H and O–H groups in total. The Labute approximate surface area is 180 Å². The fourth-order valence-electron chi connectivity index (χ4n) is 4.09. The van der Waals surface area contributed by atoms with Gasteiger partial charge in [-0.3, -0.25) is 0 Å². The summed E-state index contributed by atoms with van der Waals surface area (Å²) in [7, 11) is 0.